The molecule has 100 valence electrons. The Morgan fingerprint density at radius 2 is 2.00 bits per heavy atom. The van der Waals surface area contributed by atoms with Gasteiger partial charge in [0.05, 0.1) is 6.61 Å². The smallest absolute Gasteiger partial charge is 0.248 e. The van der Waals surface area contributed by atoms with Crippen molar-refractivity contribution in [3.63, 3.8) is 0 Å². The molecule has 1 nitrogen and oxygen atoms in total. The van der Waals surface area contributed by atoms with Crippen molar-refractivity contribution in [2.24, 2.45) is 0 Å². The van der Waals surface area contributed by atoms with Crippen molar-refractivity contribution in [1.29, 1.82) is 0 Å². The minimum atomic E-state index is -2.45. The van der Waals surface area contributed by atoms with Gasteiger partial charge in [-0.15, -0.1) is 0 Å². The lowest BCUT2D eigenvalue weighted by Crippen LogP contribution is -2.23. The maximum atomic E-state index is 13.1. The molecular weight excluding hydrogens is 234 g/mol. The number of ether oxygens (including phenoxy) is 1. The van der Waals surface area contributed by atoms with Gasteiger partial charge in [0.2, 0.25) is 5.92 Å². The molecule has 1 fully saturated rings. The number of hydrogen-bond donors (Lipinski definition) is 0. The predicted octanol–water partition coefficient (Wildman–Crippen LogP) is 4.52. The van der Waals surface area contributed by atoms with E-state index in [0.717, 1.165) is 5.56 Å². The van der Waals surface area contributed by atoms with Gasteiger partial charge in [0.25, 0.3) is 0 Å². The van der Waals surface area contributed by atoms with Crippen molar-refractivity contribution in [2.75, 3.05) is 6.61 Å². The van der Waals surface area contributed by atoms with Crippen LogP contribution in [-0.4, -0.2) is 12.5 Å². The molecular formula is C15H20F2O. The number of benzene rings is 1. The standard InChI is InChI=1S/C15H20F2O/c1-2-18-11-12-4-3-5-14(10-12)13-6-8-15(16,17)9-7-13/h3-5,10,13H,2,6-9,11H2,1H3. The molecule has 1 aromatic rings. The monoisotopic (exact) mass is 254 g/mol. The first kappa shape index (κ1) is 13.5. The Morgan fingerprint density at radius 3 is 2.67 bits per heavy atom. The first-order chi connectivity index (χ1) is 8.61. The summed E-state index contributed by atoms with van der Waals surface area (Å²) in [6, 6.07) is 8.17. The van der Waals surface area contributed by atoms with Crippen LogP contribution in [0.25, 0.3) is 0 Å². The van der Waals surface area contributed by atoms with E-state index in [1.807, 2.05) is 25.1 Å². The molecule has 0 aliphatic heterocycles. The molecule has 0 unspecified atom stereocenters. The van der Waals surface area contributed by atoms with E-state index >= 15 is 0 Å². The summed E-state index contributed by atoms with van der Waals surface area (Å²) in [5.41, 5.74) is 2.31. The summed E-state index contributed by atoms with van der Waals surface area (Å²) in [5.74, 6) is -2.16. The summed E-state index contributed by atoms with van der Waals surface area (Å²) in [6.07, 6.45) is 1.22. The maximum absolute atomic E-state index is 13.1. The van der Waals surface area contributed by atoms with Crippen molar-refractivity contribution < 1.29 is 13.5 Å². The second-order valence-corrected chi connectivity index (χ2v) is 5.01. The summed E-state index contributed by atoms with van der Waals surface area (Å²) in [4.78, 5) is 0. The number of rotatable bonds is 4. The number of hydrogen-bond acceptors (Lipinski definition) is 1. The van der Waals surface area contributed by atoms with Crippen molar-refractivity contribution >= 4 is 0 Å². The van der Waals surface area contributed by atoms with Gasteiger partial charge in [-0.3, -0.25) is 0 Å². The van der Waals surface area contributed by atoms with E-state index in [1.54, 1.807) is 0 Å². The van der Waals surface area contributed by atoms with E-state index in [9.17, 15) is 8.78 Å². The first-order valence-corrected chi connectivity index (χ1v) is 6.65. The summed E-state index contributed by atoms with van der Waals surface area (Å²) in [7, 11) is 0. The van der Waals surface area contributed by atoms with Gasteiger partial charge in [0, 0.05) is 19.4 Å². The largest absolute Gasteiger partial charge is 0.377 e. The lowest BCUT2D eigenvalue weighted by atomic mass is 9.82. The third-order valence-electron chi connectivity index (χ3n) is 3.61. The van der Waals surface area contributed by atoms with E-state index in [2.05, 4.69) is 6.07 Å². The van der Waals surface area contributed by atoms with Crippen LogP contribution in [0.4, 0.5) is 8.78 Å². The fourth-order valence-electron chi connectivity index (χ4n) is 2.53. The Hall–Kier alpha value is -0.960. The Labute approximate surface area is 107 Å². The lowest BCUT2D eigenvalue weighted by molar-refractivity contribution is -0.0382. The molecule has 0 aromatic heterocycles. The van der Waals surface area contributed by atoms with E-state index in [0.29, 0.717) is 26.1 Å². The third kappa shape index (κ3) is 3.52. The van der Waals surface area contributed by atoms with E-state index < -0.39 is 5.92 Å². The normalized spacial score (nSPS) is 19.9. The van der Waals surface area contributed by atoms with E-state index in [1.165, 1.54) is 5.56 Å². The molecule has 0 radical (unpaired) electrons. The molecule has 1 aromatic carbocycles. The van der Waals surface area contributed by atoms with E-state index in [-0.39, 0.29) is 18.8 Å². The average molecular weight is 254 g/mol. The molecule has 1 aliphatic rings. The zero-order valence-corrected chi connectivity index (χ0v) is 10.8. The summed E-state index contributed by atoms with van der Waals surface area (Å²) >= 11 is 0. The third-order valence-corrected chi connectivity index (χ3v) is 3.61. The van der Waals surface area contributed by atoms with Crippen LogP contribution in [-0.2, 0) is 11.3 Å². The minimum absolute atomic E-state index is 0.0212. The molecule has 18 heavy (non-hydrogen) atoms. The highest BCUT2D eigenvalue weighted by atomic mass is 19.3. The highest BCUT2D eigenvalue weighted by Crippen LogP contribution is 2.40. The van der Waals surface area contributed by atoms with Crippen molar-refractivity contribution in [2.45, 2.75) is 51.1 Å². The van der Waals surface area contributed by atoms with Crippen LogP contribution >= 0.6 is 0 Å². The summed E-state index contributed by atoms with van der Waals surface area (Å²) < 4.78 is 31.6. The number of alkyl halides is 2. The van der Waals surface area contributed by atoms with Crippen molar-refractivity contribution in [1.82, 2.24) is 0 Å². The Balaban J connectivity index is 2.00. The zero-order valence-electron chi connectivity index (χ0n) is 10.8. The van der Waals surface area contributed by atoms with Crippen LogP contribution < -0.4 is 0 Å². The molecule has 0 bridgehead atoms. The molecule has 1 aliphatic carbocycles. The fourth-order valence-corrected chi connectivity index (χ4v) is 2.53. The summed E-state index contributed by atoms with van der Waals surface area (Å²) in [6.45, 7) is 3.26. The Kier molecular flexibility index (Phi) is 4.33. The van der Waals surface area contributed by atoms with Gasteiger partial charge in [0.1, 0.15) is 0 Å². The van der Waals surface area contributed by atoms with Crippen LogP contribution in [0.3, 0.4) is 0 Å². The van der Waals surface area contributed by atoms with Gasteiger partial charge in [-0.25, -0.2) is 8.78 Å². The molecule has 2 rings (SSSR count). The molecule has 0 amide bonds. The van der Waals surface area contributed by atoms with Gasteiger partial charge < -0.3 is 4.74 Å². The molecule has 0 spiro atoms. The van der Waals surface area contributed by atoms with Gasteiger partial charge in [-0.1, -0.05) is 24.3 Å². The van der Waals surface area contributed by atoms with Gasteiger partial charge in [0.15, 0.2) is 0 Å². The quantitative estimate of drug-likeness (QED) is 0.767. The van der Waals surface area contributed by atoms with Crippen LogP contribution in [0.15, 0.2) is 24.3 Å². The molecule has 0 heterocycles. The number of halogens is 2. The first-order valence-electron chi connectivity index (χ1n) is 6.65. The zero-order chi connectivity index (χ0) is 13.0. The summed E-state index contributed by atoms with van der Waals surface area (Å²) in [5, 5.41) is 0. The highest BCUT2D eigenvalue weighted by Gasteiger charge is 2.35. The maximum Gasteiger partial charge on any atom is 0.248 e. The Morgan fingerprint density at radius 1 is 1.28 bits per heavy atom. The van der Waals surface area contributed by atoms with Crippen molar-refractivity contribution in [3.05, 3.63) is 35.4 Å². The molecule has 0 saturated heterocycles. The van der Waals surface area contributed by atoms with Crippen LogP contribution in [0.2, 0.25) is 0 Å². The highest BCUT2D eigenvalue weighted by molar-refractivity contribution is 5.26. The van der Waals surface area contributed by atoms with E-state index in [4.69, 9.17) is 4.74 Å². The minimum Gasteiger partial charge on any atom is -0.377 e. The predicted molar refractivity (Wildman–Crippen MR) is 67.9 cm³/mol. The topological polar surface area (TPSA) is 9.23 Å². The van der Waals surface area contributed by atoms with Crippen LogP contribution in [0.5, 0.6) is 0 Å². The lowest BCUT2D eigenvalue weighted by Gasteiger charge is -2.28. The molecule has 3 heteroatoms. The molecule has 0 N–H and O–H groups in total. The molecule has 0 atom stereocenters. The van der Waals surface area contributed by atoms with Crippen LogP contribution in [0.1, 0.15) is 49.7 Å². The van der Waals surface area contributed by atoms with Crippen LogP contribution in [0, 0.1) is 0 Å². The fraction of sp³-hybridized carbons (Fsp3) is 0.600. The second-order valence-electron chi connectivity index (χ2n) is 5.01. The average Bonchev–Trinajstić information content (AvgIpc) is 2.37. The second kappa shape index (κ2) is 5.79. The van der Waals surface area contributed by atoms with Gasteiger partial charge in [-0.2, -0.15) is 0 Å². The molecule has 1 saturated carbocycles. The van der Waals surface area contributed by atoms with Gasteiger partial charge in [-0.05, 0) is 36.8 Å². The van der Waals surface area contributed by atoms with Crippen molar-refractivity contribution in [3.8, 4) is 0 Å². The Bertz CT molecular complexity index is 380. The SMILES string of the molecule is CCOCc1cccc(C2CCC(F)(F)CC2)c1. The van der Waals surface area contributed by atoms with Gasteiger partial charge >= 0.3 is 0 Å².